The van der Waals surface area contributed by atoms with Crippen molar-refractivity contribution in [1.29, 1.82) is 0 Å². The zero-order valence-corrected chi connectivity index (χ0v) is 15.5. The number of carbonyl (C=O) groups excluding carboxylic acids is 1. The summed E-state index contributed by atoms with van der Waals surface area (Å²) in [5.74, 6) is 0.749. The van der Waals surface area contributed by atoms with Gasteiger partial charge >= 0.3 is 0 Å². The molecule has 1 aromatic carbocycles. The van der Waals surface area contributed by atoms with Crippen LogP contribution in [0.2, 0.25) is 5.02 Å². The monoisotopic (exact) mass is 341 g/mol. The highest BCUT2D eigenvalue weighted by molar-refractivity contribution is 8.00. The summed E-state index contributed by atoms with van der Waals surface area (Å²) >= 11 is 7.51. The van der Waals surface area contributed by atoms with Crippen LogP contribution in [-0.2, 0) is 4.79 Å². The van der Waals surface area contributed by atoms with Crippen molar-refractivity contribution in [2.75, 3.05) is 6.54 Å². The summed E-state index contributed by atoms with van der Waals surface area (Å²) in [6, 6.07) is 7.68. The van der Waals surface area contributed by atoms with Gasteiger partial charge in [-0.05, 0) is 43.0 Å². The summed E-state index contributed by atoms with van der Waals surface area (Å²) in [6.45, 7) is 7.27. The van der Waals surface area contributed by atoms with Gasteiger partial charge in [0.25, 0.3) is 0 Å². The molecule has 0 aromatic heterocycles. The van der Waals surface area contributed by atoms with Gasteiger partial charge in [-0.3, -0.25) is 4.79 Å². The van der Waals surface area contributed by atoms with E-state index in [0.29, 0.717) is 5.92 Å². The van der Waals surface area contributed by atoms with Crippen molar-refractivity contribution in [3.05, 3.63) is 29.3 Å². The lowest BCUT2D eigenvalue weighted by Gasteiger charge is -2.19. The Morgan fingerprint density at radius 2 is 1.86 bits per heavy atom. The lowest BCUT2D eigenvalue weighted by atomic mass is 9.99. The molecule has 22 heavy (non-hydrogen) atoms. The van der Waals surface area contributed by atoms with Crippen molar-refractivity contribution in [3.63, 3.8) is 0 Å². The van der Waals surface area contributed by atoms with Gasteiger partial charge in [-0.25, -0.2) is 0 Å². The van der Waals surface area contributed by atoms with Crippen LogP contribution in [0, 0.1) is 5.92 Å². The predicted molar refractivity (Wildman–Crippen MR) is 97.7 cm³/mol. The van der Waals surface area contributed by atoms with Crippen molar-refractivity contribution in [2.45, 2.75) is 63.0 Å². The Bertz CT molecular complexity index is 435. The van der Waals surface area contributed by atoms with Crippen LogP contribution >= 0.6 is 23.4 Å². The van der Waals surface area contributed by atoms with Crippen LogP contribution in [0.25, 0.3) is 0 Å². The summed E-state index contributed by atoms with van der Waals surface area (Å²) in [6.07, 6.45) is 5.61. The summed E-state index contributed by atoms with van der Waals surface area (Å²) in [4.78, 5) is 13.5. The molecule has 0 spiro atoms. The number of halogens is 1. The fraction of sp³-hybridized carbons (Fsp3) is 0.611. The second-order valence-corrected chi connectivity index (χ2v) is 7.34. The second kappa shape index (κ2) is 11.0. The molecule has 124 valence electrons. The van der Waals surface area contributed by atoms with E-state index in [1.54, 1.807) is 11.8 Å². The maximum atomic E-state index is 12.4. The predicted octanol–water partition coefficient (Wildman–Crippen LogP) is 5.54. The van der Waals surface area contributed by atoms with E-state index in [-0.39, 0.29) is 11.2 Å². The molecule has 4 heteroatoms. The lowest BCUT2D eigenvalue weighted by molar-refractivity contribution is -0.120. The van der Waals surface area contributed by atoms with Gasteiger partial charge in [0, 0.05) is 16.5 Å². The molecule has 1 rings (SSSR count). The minimum Gasteiger partial charge on any atom is -0.355 e. The fourth-order valence-electron chi connectivity index (χ4n) is 2.30. The Balaban J connectivity index is 2.48. The number of unbranched alkanes of at least 4 members (excludes halogenated alkanes) is 1. The molecule has 0 saturated carbocycles. The van der Waals surface area contributed by atoms with Crippen LogP contribution in [0.3, 0.4) is 0 Å². The minimum absolute atomic E-state index is 0.0372. The third-order valence-electron chi connectivity index (χ3n) is 3.86. The Kier molecular flexibility index (Phi) is 9.65. The molecular weight excluding hydrogens is 314 g/mol. The van der Waals surface area contributed by atoms with Crippen LogP contribution in [0.5, 0.6) is 0 Å². The fourth-order valence-corrected chi connectivity index (χ4v) is 3.41. The van der Waals surface area contributed by atoms with Gasteiger partial charge in [0.2, 0.25) is 5.91 Å². The molecule has 0 aliphatic rings. The van der Waals surface area contributed by atoms with E-state index >= 15 is 0 Å². The Labute approximate surface area is 144 Å². The first-order chi connectivity index (χ1) is 10.6. The number of thioether (sulfide) groups is 1. The molecule has 0 unspecified atom stereocenters. The highest BCUT2D eigenvalue weighted by Crippen LogP contribution is 2.26. The van der Waals surface area contributed by atoms with Crippen LogP contribution in [0.15, 0.2) is 29.2 Å². The molecule has 2 nitrogen and oxygen atoms in total. The van der Waals surface area contributed by atoms with E-state index < -0.39 is 0 Å². The molecule has 0 saturated heterocycles. The van der Waals surface area contributed by atoms with Gasteiger partial charge in [0.15, 0.2) is 0 Å². The third kappa shape index (κ3) is 7.06. The van der Waals surface area contributed by atoms with Gasteiger partial charge in [0.1, 0.15) is 0 Å². The Hall–Kier alpha value is -0.670. The van der Waals surface area contributed by atoms with E-state index in [0.717, 1.165) is 29.3 Å². The number of benzene rings is 1. The Morgan fingerprint density at radius 1 is 1.18 bits per heavy atom. The summed E-state index contributed by atoms with van der Waals surface area (Å²) in [7, 11) is 0. The van der Waals surface area contributed by atoms with Gasteiger partial charge in [-0.2, -0.15) is 0 Å². The lowest BCUT2D eigenvalue weighted by Crippen LogP contribution is -2.35. The first kappa shape index (κ1) is 19.4. The van der Waals surface area contributed by atoms with Gasteiger partial charge in [-0.1, -0.05) is 51.6 Å². The first-order valence-corrected chi connectivity index (χ1v) is 9.56. The van der Waals surface area contributed by atoms with Crippen molar-refractivity contribution in [1.82, 2.24) is 5.32 Å². The SMILES string of the molecule is CCCC[C@H](CC)CNC(=O)[C@H](CC)Sc1ccc(Cl)cc1. The third-order valence-corrected chi connectivity index (χ3v) is 5.49. The quantitative estimate of drug-likeness (QED) is 0.566. The van der Waals surface area contributed by atoms with E-state index in [2.05, 4.69) is 26.1 Å². The first-order valence-electron chi connectivity index (χ1n) is 8.30. The number of amides is 1. The molecule has 1 aromatic rings. The van der Waals surface area contributed by atoms with E-state index in [1.807, 2.05) is 24.3 Å². The van der Waals surface area contributed by atoms with Gasteiger partial charge < -0.3 is 5.32 Å². The van der Waals surface area contributed by atoms with Crippen LogP contribution < -0.4 is 5.32 Å². The van der Waals surface area contributed by atoms with E-state index in [4.69, 9.17) is 11.6 Å². The molecule has 2 atom stereocenters. The molecule has 1 amide bonds. The van der Waals surface area contributed by atoms with Crippen LogP contribution in [0.1, 0.15) is 52.9 Å². The maximum absolute atomic E-state index is 12.4. The summed E-state index contributed by atoms with van der Waals surface area (Å²) < 4.78 is 0. The molecule has 0 heterocycles. The number of hydrogen-bond donors (Lipinski definition) is 1. The van der Waals surface area contributed by atoms with Gasteiger partial charge in [-0.15, -0.1) is 11.8 Å². The normalized spacial score (nSPS) is 13.6. The zero-order chi connectivity index (χ0) is 16.4. The average Bonchev–Trinajstić information content (AvgIpc) is 2.54. The number of hydrogen-bond acceptors (Lipinski definition) is 2. The molecule has 0 aliphatic heterocycles. The minimum atomic E-state index is -0.0372. The smallest absolute Gasteiger partial charge is 0.233 e. The molecule has 0 fully saturated rings. The molecule has 0 radical (unpaired) electrons. The highest BCUT2D eigenvalue weighted by Gasteiger charge is 2.18. The standard InChI is InChI=1S/C18H28ClNOS/c1-4-7-8-14(5-2)13-20-18(21)17(6-3)22-16-11-9-15(19)10-12-16/h9-12,14,17H,4-8,13H2,1-3H3,(H,20,21)/t14-,17-/m0/s1. The van der Waals surface area contributed by atoms with E-state index in [1.165, 1.54) is 19.3 Å². The largest absolute Gasteiger partial charge is 0.355 e. The topological polar surface area (TPSA) is 29.1 Å². The molecule has 0 aliphatic carbocycles. The zero-order valence-electron chi connectivity index (χ0n) is 13.9. The number of rotatable bonds is 10. The van der Waals surface area contributed by atoms with Crippen molar-refractivity contribution in [2.24, 2.45) is 5.92 Å². The molecular formula is C18H28ClNOS. The maximum Gasteiger partial charge on any atom is 0.233 e. The molecule has 1 N–H and O–H groups in total. The Morgan fingerprint density at radius 3 is 2.41 bits per heavy atom. The van der Waals surface area contributed by atoms with Crippen LogP contribution in [0.4, 0.5) is 0 Å². The van der Waals surface area contributed by atoms with Crippen LogP contribution in [-0.4, -0.2) is 17.7 Å². The van der Waals surface area contributed by atoms with E-state index in [9.17, 15) is 4.79 Å². The van der Waals surface area contributed by atoms with Crippen molar-refractivity contribution < 1.29 is 4.79 Å². The number of nitrogens with one attached hydrogen (secondary N) is 1. The second-order valence-electron chi connectivity index (χ2n) is 5.63. The van der Waals surface area contributed by atoms with Gasteiger partial charge in [0.05, 0.1) is 5.25 Å². The van der Waals surface area contributed by atoms with Crippen molar-refractivity contribution in [3.8, 4) is 0 Å². The highest BCUT2D eigenvalue weighted by atomic mass is 35.5. The average molecular weight is 342 g/mol. The number of carbonyl (C=O) groups is 1. The van der Waals surface area contributed by atoms with Crippen molar-refractivity contribution >= 4 is 29.3 Å². The molecule has 0 bridgehead atoms. The summed E-state index contributed by atoms with van der Waals surface area (Å²) in [5.41, 5.74) is 0. The summed E-state index contributed by atoms with van der Waals surface area (Å²) in [5, 5.41) is 3.83.